The zero-order chi connectivity index (χ0) is 10.1. The number of ether oxygens (including phenoxy) is 1. The Morgan fingerprint density at radius 2 is 2.15 bits per heavy atom. The molecule has 0 spiro atoms. The Bertz CT molecular complexity index is 307. The maximum absolute atomic E-state index is 9.83. The Hall–Kier alpha value is -0.610. The summed E-state index contributed by atoms with van der Waals surface area (Å²) in [5.74, 6) is 0.634. The third-order valence-electron chi connectivity index (χ3n) is 1.70. The molecule has 0 saturated carbocycles. The van der Waals surface area contributed by atoms with Crippen LogP contribution >= 0.6 is 15.9 Å². The predicted molar refractivity (Wildman–Crippen MR) is 53.7 cm³/mol. The molecule has 0 atom stereocenters. The van der Waals surface area contributed by atoms with Crippen molar-refractivity contribution in [1.29, 1.82) is 0 Å². The van der Waals surface area contributed by atoms with E-state index in [1.165, 1.54) is 0 Å². The van der Waals surface area contributed by atoms with Gasteiger partial charge in [0.2, 0.25) is 0 Å². The van der Waals surface area contributed by atoms with Gasteiger partial charge < -0.3 is 9.84 Å². The van der Waals surface area contributed by atoms with E-state index in [4.69, 9.17) is 4.74 Å². The van der Waals surface area contributed by atoms with Gasteiger partial charge in [-0.1, -0.05) is 0 Å². The molecule has 3 nitrogen and oxygen atoms in total. The van der Waals surface area contributed by atoms with E-state index < -0.39 is 5.60 Å². The lowest BCUT2D eigenvalue weighted by Crippen LogP contribution is -2.18. The molecule has 0 amide bonds. The van der Waals surface area contributed by atoms with Crippen molar-refractivity contribution in [3.05, 3.63) is 22.4 Å². The number of nitrogens with zero attached hydrogens (tertiary/aromatic N) is 1. The molecule has 0 bridgehead atoms. The van der Waals surface area contributed by atoms with Gasteiger partial charge in [0, 0.05) is 6.20 Å². The van der Waals surface area contributed by atoms with E-state index >= 15 is 0 Å². The average Bonchev–Trinajstić information content (AvgIpc) is 2.01. The number of rotatable bonds is 2. The fraction of sp³-hybridized carbons (Fsp3) is 0.444. The van der Waals surface area contributed by atoms with Crippen LogP contribution in [0.3, 0.4) is 0 Å². The highest BCUT2D eigenvalue weighted by molar-refractivity contribution is 9.10. The number of aliphatic hydroxyl groups is 1. The van der Waals surface area contributed by atoms with Crippen molar-refractivity contribution in [3.8, 4) is 5.75 Å². The van der Waals surface area contributed by atoms with Crippen LogP contribution in [0.4, 0.5) is 0 Å². The number of hydrogen-bond acceptors (Lipinski definition) is 3. The molecule has 0 radical (unpaired) electrons. The standard InChI is InChI=1S/C9H12BrNO2/c1-9(2,12)7-6(13-3)4-5-11-8(7)10/h4-5,12H,1-3H3. The second-order valence-corrected chi connectivity index (χ2v) is 3.99. The highest BCUT2D eigenvalue weighted by Gasteiger charge is 2.24. The van der Waals surface area contributed by atoms with Crippen LogP contribution in [0.25, 0.3) is 0 Å². The summed E-state index contributed by atoms with van der Waals surface area (Å²) < 4.78 is 5.73. The van der Waals surface area contributed by atoms with Gasteiger partial charge in [0.15, 0.2) is 0 Å². The summed E-state index contributed by atoms with van der Waals surface area (Å²) in [6, 6.07) is 1.72. The summed E-state index contributed by atoms with van der Waals surface area (Å²) in [4.78, 5) is 4.03. The third-order valence-corrected chi connectivity index (χ3v) is 2.30. The van der Waals surface area contributed by atoms with Crippen molar-refractivity contribution in [2.45, 2.75) is 19.4 Å². The van der Waals surface area contributed by atoms with Crippen LogP contribution < -0.4 is 4.74 Å². The third kappa shape index (κ3) is 2.19. The molecule has 1 heterocycles. The Labute approximate surface area is 85.9 Å². The van der Waals surface area contributed by atoms with Gasteiger partial charge in [0.1, 0.15) is 10.4 Å². The molecule has 13 heavy (non-hydrogen) atoms. The topological polar surface area (TPSA) is 42.4 Å². The van der Waals surface area contributed by atoms with Gasteiger partial charge in [-0.25, -0.2) is 4.98 Å². The van der Waals surface area contributed by atoms with Crippen LogP contribution in [-0.4, -0.2) is 17.2 Å². The molecule has 1 N–H and O–H groups in total. The second kappa shape index (κ2) is 3.64. The summed E-state index contributed by atoms with van der Waals surface area (Å²) >= 11 is 3.27. The van der Waals surface area contributed by atoms with Gasteiger partial charge in [0.05, 0.1) is 18.3 Å². The molecule has 0 unspecified atom stereocenters. The second-order valence-electron chi connectivity index (χ2n) is 3.24. The number of aromatic nitrogens is 1. The average molecular weight is 246 g/mol. The van der Waals surface area contributed by atoms with Crippen molar-refractivity contribution in [2.75, 3.05) is 7.11 Å². The zero-order valence-electron chi connectivity index (χ0n) is 7.84. The minimum atomic E-state index is -0.960. The van der Waals surface area contributed by atoms with Crippen LogP contribution in [0.5, 0.6) is 5.75 Å². The van der Waals surface area contributed by atoms with Crippen LogP contribution in [0.1, 0.15) is 19.4 Å². The summed E-state index contributed by atoms with van der Waals surface area (Å²) in [6.45, 7) is 3.38. The summed E-state index contributed by atoms with van der Waals surface area (Å²) in [7, 11) is 1.57. The molecule has 1 rings (SSSR count). The van der Waals surface area contributed by atoms with Gasteiger partial charge in [-0.15, -0.1) is 0 Å². The lowest BCUT2D eigenvalue weighted by molar-refractivity contribution is 0.0743. The van der Waals surface area contributed by atoms with E-state index in [2.05, 4.69) is 20.9 Å². The van der Waals surface area contributed by atoms with Crippen LogP contribution in [0.15, 0.2) is 16.9 Å². The Morgan fingerprint density at radius 1 is 1.54 bits per heavy atom. The van der Waals surface area contributed by atoms with Gasteiger partial charge >= 0.3 is 0 Å². The molecule has 0 aliphatic rings. The molecule has 0 aliphatic carbocycles. The minimum absolute atomic E-state index is 0.611. The smallest absolute Gasteiger partial charge is 0.129 e. The minimum Gasteiger partial charge on any atom is -0.496 e. The largest absolute Gasteiger partial charge is 0.496 e. The molecule has 72 valence electrons. The Balaban J connectivity index is 3.32. The van der Waals surface area contributed by atoms with E-state index in [1.807, 2.05) is 0 Å². The van der Waals surface area contributed by atoms with E-state index in [1.54, 1.807) is 33.2 Å². The first-order valence-electron chi connectivity index (χ1n) is 3.88. The normalized spacial score (nSPS) is 11.5. The van der Waals surface area contributed by atoms with E-state index in [0.717, 1.165) is 0 Å². The maximum Gasteiger partial charge on any atom is 0.129 e. The maximum atomic E-state index is 9.83. The van der Waals surface area contributed by atoms with Crippen molar-refractivity contribution in [1.82, 2.24) is 4.98 Å². The number of halogens is 1. The SMILES string of the molecule is COc1ccnc(Br)c1C(C)(C)O. The number of methoxy groups -OCH3 is 1. The van der Waals surface area contributed by atoms with Gasteiger partial charge in [-0.2, -0.15) is 0 Å². The monoisotopic (exact) mass is 245 g/mol. The van der Waals surface area contributed by atoms with Crippen molar-refractivity contribution >= 4 is 15.9 Å². The molecule has 0 saturated heterocycles. The number of pyridine rings is 1. The molecule has 1 aromatic rings. The van der Waals surface area contributed by atoms with Crippen molar-refractivity contribution in [3.63, 3.8) is 0 Å². The van der Waals surface area contributed by atoms with Crippen LogP contribution in [0, 0.1) is 0 Å². The first-order valence-corrected chi connectivity index (χ1v) is 4.67. The van der Waals surface area contributed by atoms with Crippen molar-refractivity contribution < 1.29 is 9.84 Å². The zero-order valence-corrected chi connectivity index (χ0v) is 9.42. The molecular weight excluding hydrogens is 234 g/mol. The fourth-order valence-corrected chi connectivity index (χ4v) is 1.94. The lowest BCUT2D eigenvalue weighted by Gasteiger charge is -2.21. The molecular formula is C9H12BrNO2. The summed E-state index contributed by atoms with van der Waals surface area (Å²) in [5.41, 5.74) is -0.296. The fourth-order valence-electron chi connectivity index (χ4n) is 1.14. The molecule has 0 fully saturated rings. The van der Waals surface area contributed by atoms with Gasteiger partial charge in [-0.05, 0) is 35.8 Å². The van der Waals surface area contributed by atoms with Crippen molar-refractivity contribution in [2.24, 2.45) is 0 Å². The van der Waals surface area contributed by atoms with Crippen LogP contribution in [-0.2, 0) is 5.60 Å². The quantitative estimate of drug-likeness (QED) is 0.812. The molecule has 1 aromatic heterocycles. The number of hydrogen-bond donors (Lipinski definition) is 1. The van der Waals surface area contributed by atoms with E-state index in [0.29, 0.717) is 15.9 Å². The van der Waals surface area contributed by atoms with E-state index in [9.17, 15) is 5.11 Å². The van der Waals surface area contributed by atoms with Crippen LogP contribution in [0.2, 0.25) is 0 Å². The summed E-state index contributed by atoms with van der Waals surface area (Å²) in [5, 5.41) is 9.83. The molecule has 0 aliphatic heterocycles. The highest BCUT2D eigenvalue weighted by atomic mass is 79.9. The molecule has 0 aromatic carbocycles. The Kier molecular flexibility index (Phi) is 2.93. The molecule has 4 heteroatoms. The highest BCUT2D eigenvalue weighted by Crippen LogP contribution is 2.33. The predicted octanol–water partition coefficient (Wildman–Crippen LogP) is 2.08. The Morgan fingerprint density at radius 3 is 2.54 bits per heavy atom. The van der Waals surface area contributed by atoms with E-state index in [-0.39, 0.29) is 0 Å². The lowest BCUT2D eigenvalue weighted by atomic mass is 10.00. The first-order chi connectivity index (χ1) is 5.96. The van der Waals surface area contributed by atoms with Gasteiger partial charge in [0.25, 0.3) is 0 Å². The summed E-state index contributed by atoms with van der Waals surface area (Å²) in [6.07, 6.45) is 1.62. The van der Waals surface area contributed by atoms with Gasteiger partial charge in [-0.3, -0.25) is 0 Å². The first kappa shape index (κ1) is 10.5.